The van der Waals surface area contributed by atoms with E-state index in [2.05, 4.69) is 34.7 Å². The van der Waals surface area contributed by atoms with Gasteiger partial charge in [0.1, 0.15) is 5.00 Å². The molecule has 10 nitrogen and oxygen atoms in total. The van der Waals surface area contributed by atoms with E-state index >= 15 is 0 Å². The van der Waals surface area contributed by atoms with Crippen molar-refractivity contribution in [3.05, 3.63) is 81.2 Å². The van der Waals surface area contributed by atoms with Crippen molar-refractivity contribution < 1.29 is 22.8 Å². The Morgan fingerprint density at radius 3 is 2.29 bits per heavy atom. The smallest absolute Gasteiger partial charge is 0.321 e. The minimum absolute atomic E-state index is 0.111. The number of anilines is 1. The highest BCUT2D eigenvalue weighted by molar-refractivity contribution is 7.89. The number of hydrogen-bond donors (Lipinski definition) is 3. The van der Waals surface area contributed by atoms with Crippen molar-refractivity contribution in [2.24, 2.45) is 0 Å². The number of thiophene rings is 1. The Morgan fingerprint density at radius 2 is 1.61 bits per heavy atom. The molecule has 216 valence electrons. The normalized spacial score (nSPS) is 15.6. The fourth-order valence-corrected chi connectivity index (χ4v) is 7.88. The summed E-state index contributed by atoms with van der Waals surface area (Å²) in [7, 11) is -2.32. The van der Waals surface area contributed by atoms with Gasteiger partial charge in [0.05, 0.1) is 10.5 Å². The molecule has 2 aliphatic heterocycles. The maximum atomic E-state index is 13.3. The lowest BCUT2D eigenvalue weighted by atomic mass is 10.0. The van der Waals surface area contributed by atoms with E-state index in [1.165, 1.54) is 47.0 Å². The third-order valence-corrected chi connectivity index (χ3v) is 10.6. The molecule has 0 atom stereocenters. The minimum atomic E-state index is -3.74. The number of rotatable bonds is 6. The van der Waals surface area contributed by atoms with Crippen molar-refractivity contribution in [3.63, 3.8) is 0 Å². The fourth-order valence-electron chi connectivity index (χ4n) is 5.20. The SMILES string of the molecule is CNC(=O)NC(=O)c1c(NC(=O)c2ccc(S(=O)(=O)N3CCc4ccccc4C3)cc2)sc2c1CCN(C(C)C)C2. The number of nitrogens with one attached hydrogen (secondary N) is 3. The van der Waals surface area contributed by atoms with Crippen LogP contribution in [0.15, 0.2) is 53.4 Å². The van der Waals surface area contributed by atoms with Gasteiger partial charge < -0.3 is 10.6 Å². The summed E-state index contributed by atoms with van der Waals surface area (Å²) in [6.07, 6.45) is 1.26. The van der Waals surface area contributed by atoms with E-state index in [1.54, 1.807) is 0 Å². The van der Waals surface area contributed by atoms with Crippen LogP contribution in [0, 0.1) is 0 Å². The molecule has 0 saturated carbocycles. The third kappa shape index (κ3) is 5.91. The highest BCUT2D eigenvalue weighted by Crippen LogP contribution is 2.38. The molecule has 3 heterocycles. The second kappa shape index (κ2) is 11.7. The molecule has 5 rings (SSSR count). The average Bonchev–Trinajstić information content (AvgIpc) is 3.33. The van der Waals surface area contributed by atoms with Crippen LogP contribution in [-0.2, 0) is 36.0 Å². The van der Waals surface area contributed by atoms with Gasteiger partial charge in [-0.15, -0.1) is 11.3 Å². The van der Waals surface area contributed by atoms with Crippen molar-refractivity contribution in [3.8, 4) is 0 Å². The van der Waals surface area contributed by atoms with Gasteiger partial charge in [-0.05, 0) is 67.6 Å². The van der Waals surface area contributed by atoms with Crippen LogP contribution in [0.1, 0.15) is 56.1 Å². The van der Waals surface area contributed by atoms with Crippen molar-refractivity contribution in [1.29, 1.82) is 0 Å². The molecule has 3 aromatic rings. The Kier molecular flexibility index (Phi) is 8.28. The van der Waals surface area contributed by atoms with Crippen LogP contribution in [0.2, 0.25) is 0 Å². The monoisotopic (exact) mass is 595 g/mol. The Labute approximate surface area is 243 Å². The van der Waals surface area contributed by atoms with Crippen LogP contribution in [0.25, 0.3) is 0 Å². The Balaban J connectivity index is 1.36. The first-order valence-corrected chi connectivity index (χ1v) is 15.7. The van der Waals surface area contributed by atoms with Gasteiger partial charge in [-0.1, -0.05) is 24.3 Å². The maximum Gasteiger partial charge on any atom is 0.321 e. The molecule has 2 aliphatic rings. The average molecular weight is 596 g/mol. The van der Waals surface area contributed by atoms with Gasteiger partial charge in [-0.25, -0.2) is 13.2 Å². The number of nitrogens with zero attached hydrogens (tertiary/aromatic N) is 2. The summed E-state index contributed by atoms with van der Waals surface area (Å²) in [6.45, 7) is 6.30. The Morgan fingerprint density at radius 1 is 0.902 bits per heavy atom. The Hall–Kier alpha value is -3.58. The molecular formula is C29H33N5O5S2. The molecule has 4 amide bonds. The zero-order valence-corrected chi connectivity index (χ0v) is 24.8. The summed E-state index contributed by atoms with van der Waals surface area (Å²) in [5.41, 5.74) is 3.51. The standard InChI is InChI=1S/C29H33N5O5S2/c1-18(2)33-14-13-23-24(17-33)40-28(25(23)27(36)32-29(37)30-3)31-26(35)20-8-10-22(11-9-20)41(38,39)34-15-12-19-6-4-5-7-21(19)16-34/h4-11,18H,12-17H2,1-3H3,(H,31,35)(H2,30,32,36,37). The molecule has 0 radical (unpaired) electrons. The van der Waals surface area contributed by atoms with Crippen LogP contribution in [0.4, 0.5) is 9.80 Å². The Bertz CT molecular complexity index is 1600. The molecular weight excluding hydrogens is 562 g/mol. The lowest BCUT2D eigenvalue weighted by molar-refractivity contribution is 0.0963. The van der Waals surface area contributed by atoms with Gasteiger partial charge in [-0.2, -0.15) is 4.31 Å². The van der Waals surface area contributed by atoms with E-state index in [1.807, 2.05) is 24.3 Å². The number of sulfonamides is 1. The van der Waals surface area contributed by atoms with E-state index in [4.69, 9.17) is 0 Å². The van der Waals surface area contributed by atoms with Crippen LogP contribution in [-0.4, -0.2) is 61.6 Å². The number of urea groups is 1. The molecule has 0 unspecified atom stereocenters. The second-order valence-electron chi connectivity index (χ2n) is 10.4. The summed E-state index contributed by atoms with van der Waals surface area (Å²) in [5, 5.41) is 7.89. The molecule has 0 bridgehead atoms. The van der Waals surface area contributed by atoms with E-state index in [-0.39, 0.29) is 16.0 Å². The quantitative estimate of drug-likeness (QED) is 0.400. The third-order valence-electron chi connectivity index (χ3n) is 7.57. The summed E-state index contributed by atoms with van der Waals surface area (Å²) in [6, 6.07) is 13.3. The summed E-state index contributed by atoms with van der Waals surface area (Å²) in [5.74, 6) is -1.06. The maximum absolute atomic E-state index is 13.3. The van der Waals surface area contributed by atoms with Crippen molar-refractivity contribution in [2.75, 3.05) is 25.5 Å². The van der Waals surface area contributed by atoms with E-state index < -0.39 is 27.9 Å². The molecule has 0 spiro atoms. The number of carbonyl (C=O) groups is 3. The minimum Gasteiger partial charge on any atom is -0.341 e. The topological polar surface area (TPSA) is 128 Å². The number of imide groups is 1. The molecule has 12 heteroatoms. The zero-order chi connectivity index (χ0) is 29.3. The van der Waals surface area contributed by atoms with Gasteiger partial charge in [0.25, 0.3) is 11.8 Å². The lowest BCUT2D eigenvalue weighted by Crippen LogP contribution is -2.39. The van der Waals surface area contributed by atoms with Gasteiger partial charge >= 0.3 is 6.03 Å². The largest absolute Gasteiger partial charge is 0.341 e. The van der Waals surface area contributed by atoms with Crippen LogP contribution in [0.3, 0.4) is 0 Å². The zero-order valence-electron chi connectivity index (χ0n) is 23.2. The van der Waals surface area contributed by atoms with Gasteiger partial charge in [0, 0.05) is 49.7 Å². The molecule has 0 saturated heterocycles. The lowest BCUT2D eigenvalue weighted by Gasteiger charge is -2.30. The number of fused-ring (bicyclic) bond motifs is 2. The first-order valence-electron chi connectivity index (χ1n) is 13.5. The molecule has 3 N–H and O–H groups in total. The van der Waals surface area contributed by atoms with Gasteiger partial charge in [0.15, 0.2) is 0 Å². The van der Waals surface area contributed by atoms with Crippen LogP contribution >= 0.6 is 11.3 Å². The first-order chi connectivity index (χ1) is 19.6. The molecule has 1 aromatic heterocycles. The van der Waals surface area contributed by atoms with E-state index in [9.17, 15) is 22.8 Å². The predicted octanol–water partition coefficient (Wildman–Crippen LogP) is 3.58. The van der Waals surface area contributed by atoms with Gasteiger partial charge in [-0.3, -0.25) is 19.8 Å². The summed E-state index contributed by atoms with van der Waals surface area (Å²) in [4.78, 5) is 41.6. The van der Waals surface area contributed by atoms with Crippen molar-refractivity contribution >= 4 is 44.2 Å². The molecule has 0 fully saturated rings. The van der Waals surface area contributed by atoms with Crippen LogP contribution in [0.5, 0.6) is 0 Å². The second-order valence-corrected chi connectivity index (χ2v) is 13.4. The van der Waals surface area contributed by atoms with E-state index in [0.29, 0.717) is 43.5 Å². The highest BCUT2D eigenvalue weighted by Gasteiger charge is 2.31. The van der Waals surface area contributed by atoms with Crippen molar-refractivity contribution in [2.45, 2.75) is 50.7 Å². The summed E-state index contributed by atoms with van der Waals surface area (Å²) < 4.78 is 28.1. The molecule has 2 aromatic carbocycles. The highest BCUT2D eigenvalue weighted by atomic mass is 32.2. The summed E-state index contributed by atoms with van der Waals surface area (Å²) >= 11 is 1.32. The van der Waals surface area contributed by atoms with Crippen molar-refractivity contribution in [1.82, 2.24) is 19.8 Å². The first kappa shape index (κ1) is 28.9. The number of benzene rings is 2. The number of amides is 4. The predicted molar refractivity (Wildman–Crippen MR) is 158 cm³/mol. The van der Waals surface area contributed by atoms with Gasteiger partial charge in [0.2, 0.25) is 10.0 Å². The number of hydrogen-bond acceptors (Lipinski definition) is 7. The van der Waals surface area contributed by atoms with E-state index in [0.717, 1.165) is 28.1 Å². The molecule has 0 aliphatic carbocycles. The fraction of sp³-hybridized carbons (Fsp3) is 0.345. The van der Waals surface area contributed by atoms with Crippen LogP contribution < -0.4 is 16.0 Å². The number of carbonyl (C=O) groups excluding carboxylic acids is 3. The molecule has 41 heavy (non-hydrogen) atoms.